The fourth-order valence-corrected chi connectivity index (χ4v) is 2.74. The molecule has 2 aromatic rings. The van der Waals surface area contributed by atoms with Gasteiger partial charge in [-0.2, -0.15) is 0 Å². The zero-order chi connectivity index (χ0) is 16.2. The van der Waals surface area contributed by atoms with E-state index in [9.17, 15) is 9.18 Å². The van der Waals surface area contributed by atoms with E-state index in [1.165, 1.54) is 11.6 Å². The molecule has 0 saturated heterocycles. The number of rotatable bonds is 3. The van der Waals surface area contributed by atoms with E-state index in [-0.39, 0.29) is 18.3 Å². The van der Waals surface area contributed by atoms with Crippen LogP contribution in [0.3, 0.4) is 0 Å². The van der Waals surface area contributed by atoms with Crippen LogP contribution in [0.1, 0.15) is 11.1 Å². The van der Waals surface area contributed by atoms with Crippen molar-refractivity contribution >= 4 is 17.3 Å². The zero-order valence-electron chi connectivity index (χ0n) is 13.1. The van der Waals surface area contributed by atoms with Gasteiger partial charge in [0.25, 0.3) is 0 Å². The second-order valence-electron chi connectivity index (χ2n) is 5.74. The molecule has 0 unspecified atom stereocenters. The van der Waals surface area contributed by atoms with Crippen LogP contribution in [0, 0.1) is 12.7 Å². The summed E-state index contributed by atoms with van der Waals surface area (Å²) in [5.74, 6) is -0.461. The summed E-state index contributed by atoms with van der Waals surface area (Å²) in [4.78, 5) is 14.4. The van der Waals surface area contributed by atoms with Crippen LogP contribution in [0.15, 0.2) is 42.5 Å². The van der Waals surface area contributed by atoms with E-state index in [1.807, 2.05) is 18.2 Å². The van der Waals surface area contributed by atoms with Gasteiger partial charge in [0.2, 0.25) is 5.91 Å². The van der Waals surface area contributed by atoms with Gasteiger partial charge in [0.1, 0.15) is 5.82 Å². The van der Waals surface area contributed by atoms with Crippen LogP contribution < -0.4 is 15.5 Å². The average Bonchev–Trinajstić information content (AvgIpc) is 2.74. The van der Waals surface area contributed by atoms with Crippen molar-refractivity contribution in [2.45, 2.75) is 13.5 Å². The van der Waals surface area contributed by atoms with Crippen molar-refractivity contribution in [2.24, 2.45) is 0 Å². The minimum atomic E-state index is -0.313. The minimum absolute atomic E-state index is 0.148. The predicted octanol–water partition coefficient (Wildman–Crippen LogP) is 2.68. The Balaban J connectivity index is 1.71. The van der Waals surface area contributed by atoms with Gasteiger partial charge in [-0.25, -0.2) is 4.39 Å². The molecule has 0 radical (unpaired) electrons. The van der Waals surface area contributed by atoms with Crippen molar-refractivity contribution in [3.8, 4) is 0 Å². The summed E-state index contributed by atoms with van der Waals surface area (Å²) >= 11 is 0. The molecule has 5 heteroatoms. The number of para-hydroxylation sites is 1. The Hall–Kier alpha value is -2.40. The monoisotopic (exact) mass is 313 g/mol. The maximum absolute atomic E-state index is 13.6. The number of hydrogen-bond donors (Lipinski definition) is 2. The molecule has 0 aromatic heterocycles. The smallest absolute Gasteiger partial charge is 0.243 e. The summed E-state index contributed by atoms with van der Waals surface area (Å²) in [5.41, 5.74) is 3.30. The lowest BCUT2D eigenvalue weighted by atomic mass is 10.1. The SMILES string of the molecule is Cc1ccc(NC(=O)CN2CCNCc3ccccc32)cc1F. The standard InChI is InChI=1S/C18H20FN3O/c1-13-6-7-15(10-16(13)19)21-18(23)12-22-9-8-20-11-14-4-2-3-5-17(14)22/h2-7,10,20H,8-9,11-12H2,1H3,(H,21,23). The van der Waals surface area contributed by atoms with Crippen LogP contribution in [-0.2, 0) is 11.3 Å². The Morgan fingerprint density at radius 3 is 2.96 bits per heavy atom. The summed E-state index contributed by atoms with van der Waals surface area (Å²) in [7, 11) is 0. The van der Waals surface area contributed by atoms with Crippen molar-refractivity contribution in [2.75, 3.05) is 29.9 Å². The van der Waals surface area contributed by atoms with E-state index in [2.05, 4.69) is 21.6 Å². The summed E-state index contributed by atoms with van der Waals surface area (Å²) < 4.78 is 13.6. The zero-order valence-corrected chi connectivity index (χ0v) is 13.1. The summed E-state index contributed by atoms with van der Waals surface area (Å²) in [6, 6.07) is 12.8. The first-order valence-corrected chi connectivity index (χ1v) is 7.73. The maximum Gasteiger partial charge on any atom is 0.243 e. The van der Waals surface area contributed by atoms with Gasteiger partial charge < -0.3 is 15.5 Å². The second kappa shape index (κ2) is 6.79. The number of amides is 1. The molecule has 4 nitrogen and oxygen atoms in total. The molecule has 0 atom stereocenters. The Morgan fingerprint density at radius 2 is 2.13 bits per heavy atom. The molecule has 23 heavy (non-hydrogen) atoms. The molecule has 2 N–H and O–H groups in total. The highest BCUT2D eigenvalue weighted by atomic mass is 19.1. The molecule has 1 aliphatic heterocycles. The van der Waals surface area contributed by atoms with E-state index in [0.717, 1.165) is 25.3 Å². The van der Waals surface area contributed by atoms with E-state index >= 15 is 0 Å². The molecule has 0 bridgehead atoms. The lowest BCUT2D eigenvalue weighted by Gasteiger charge is -2.23. The Bertz CT molecular complexity index is 717. The van der Waals surface area contributed by atoms with Gasteiger partial charge in [0.15, 0.2) is 0 Å². The van der Waals surface area contributed by atoms with Gasteiger partial charge in [-0.15, -0.1) is 0 Å². The highest BCUT2D eigenvalue weighted by Gasteiger charge is 2.17. The van der Waals surface area contributed by atoms with Crippen LogP contribution in [0.2, 0.25) is 0 Å². The highest BCUT2D eigenvalue weighted by molar-refractivity contribution is 5.94. The van der Waals surface area contributed by atoms with Crippen molar-refractivity contribution in [3.05, 3.63) is 59.4 Å². The number of carbonyl (C=O) groups is 1. The fourth-order valence-electron chi connectivity index (χ4n) is 2.74. The molecule has 0 spiro atoms. The molecule has 1 aliphatic rings. The molecular formula is C18H20FN3O. The van der Waals surface area contributed by atoms with E-state index in [4.69, 9.17) is 0 Å². The van der Waals surface area contributed by atoms with Crippen molar-refractivity contribution in [3.63, 3.8) is 0 Å². The number of nitrogens with zero attached hydrogens (tertiary/aromatic N) is 1. The molecule has 0 aliphatic carbocycles. The fraction of sp³-hybridized carbons (Fsp3) is 0.278. The maximum atomic E-state index is 13.6. The predicted molar refractivity (Wildman–Crippen MR) is 90.1 cm³/mol. The normalized spacial score (nSPS) is 14.1. The quantitative estimate of drug-likeness (QED) is 0.916. The van der Waals surface area contributed by atoms with E-state index < -0.39 is 0 Å². The van der Waals surface area contributed by atoms with E-state index in [0.29, 0.717) is 11.3 Å². The largest absolute Gasteiger partial charge is 0.361 e. The van der Waals surface area contributed by atoms with Crippen LogP contribution >= 0.6 is 0 Å². The molecule has 0 fully saturated rings. The van der Waals surface area contributed by atoms with E-state index in [1.54, 1.807) is 19.1 Å². The lowest BCUT2D eigenvalue weighted by molar-refractivity contribution is -0.115. The van der Waals surface area contributed by atoms with Crippen LogP contribution in [0.5, 0.6) is 0 Å². The molecule has 3 rings (SSSR count). The Labute approximate surface area is 135 Å². The van der Waals surface area contributed by atoms with Gasteiger partial charge in [-0.05, 0) is 36.2 Å². The van der Waals surface area contributed by atoms with Crippen molar-refractivity contribution in [1.82, 2.24) is 5.32 Å². The number of benzene rings is 2. The topological polar surface area (TPSA) is 44.4 Å². The molecular weight excluding hydrogens is 293 g/mol. The van der Waals surface area contributed by atoms with Crippen molar-refractivity contribution < 1.29 is 9.18 Å². The number of carbonyl (C=O) groups excluding carboxylic acids is 1. The third-order valence-corrected chi connectivity index (χ3v) is 4.00. The molecule has 2 aromatic carbocycles. The summed E-state index contributed by atoms with van der Waals surface area (Å²) in [6.07, 6.45) is 0. The van der Waals surface area contributed by atoms with Gasteiger partial charge in [0.05, 0.1) is 6.54 Å². The number of anilines is 2. The first-order chi connectivity index (χ1) is 11.1. The number of halogens is 1. The third-order valence-electron chi connectivity index (χ3n) is 4.00. The third kappa shape index (κ3) is 3.68. The van der Waals surface area contributed by atoms with Gasteiger partial charge >= 0.3 is 0 Å². The van der Waals surface area contributed by atoms with Gasteiger partial charge in [-0.3, -0.25) is 4.79 Å². The Morgan fingerprint density at radius 1 is 1.30 bits per heavy atom. The summed E-state index contributed by atoms with van der Waals surface area (Å²) in [6.45, 7) is 4.32. The van der Waals surface area contributed by atoms with Gasteiger partial charge in [-0.1, -0.05) is 24.3 Å². The Kier molecular flexibility index (Phi) is 4.57. The molecule has 1 amide bonds. The summed E-state index contributed by atoms with van der Waals surface area (Å²) in [5, 5.41) is 6.11. The number of fused-ring (bicyclic) bond motifs is 1. The van der Waals surface area contributed by atoms with Crippen LogP contribution in [0.25, 0.3) is 0 Å². The number of aryl methyl sites for hydroxylation is 1. The lowest BCUT2D eigenvalue weighted by Crippen LogP contribution is -2.36. The number of nitrogens with one attached hydrogen (secondary N) is 2. The second-order valence-corrected chi connectivity index (χ2v) is 5.74. The molecule has 0 saturated carbocycles. The van der Waals surface area contributed by atoms with Crippen LogP contribution in [0.4, 0.5) is 15.8 Å². The molecule has 1 heterocycles. The average molecular weight is 313 g/mol. The first-order valence-electron chi connectivity index (χ1n) is 7.73. The van der Waals surface area contributed by atoms with Crippen molar-refractivity contribution in [1.29, 1.82) is 0 Å². The molecule has 120 valence electrons. The van der Waals surface area contributed by atoms with Gasteiger partial charge in [0, 0.05) is 31.0 Å². The highest BCUT2D eigenvalue weighted by Crippen LogP contribution is 2.22. The minimum Gasteiger partial charge on any atom is -0.361 e. The van der Waals surface area contributed by atoms with Crippen LogP contribution in [-0.4, -0.2) is 25.5 Å². The first kappa shape index (κ1) is 15.5. The number of hydrogen-bond acceptors (Lipinski definition) is 3.